The average molecular weight is 489 g/mol. The zero-order chi connectivity index (χ0) is 24.7. The Kier molecular flexibility index (Phi) is 8.03. The van der Waals surface area contributed by atoms with Crippen LogP contribution < -0.4 is 15.9 Å². The number of hydrogen-bond donors (Lipinski definition) is 2. The maximum Gasteiger partial charge on any atom is 0.337 e. The van der Waals surface area contributed by atoms with Gasteiger partial charge < -0.3 is 25.4 Å². The van der Waals surface area contributed by atoms with Crippen LogP contribution in [0.25, 0.3) is 0 Å². The molecule has 0 aliphatic heterocycles. The number of rotatable bonds is 9. The summed E-state index contributed by atoms with van der Waals surface area (Å²) >= 11 is 0.989. The number of nitrogens with zero attached hydrogens (tertiary/aromatic N) is 3. The Bertz CT molecular complexity index is 1180. The van der Waals surface area contributed by atoms with Gasteiger partial charge in [0.2, 0.25) is 11.1 Å². The first-order chi connectivity index (χ1) is 16.3. The maximum atomic E-state index is 13.7. The number of methoxy groups -OCH3 is 2. The Morgan fingerprint density at radius 1 is 1.06 bits per heavy atom. The molecule has 3 rings (SSSR count). The lowest BCUT2D eigenvalue weighted by atomic mass is 10.1. The van der Waals surface area contributed by atoms with Gasteiger partial charge >= 0.3 is 11.9 Å². The third-order valence-corrected chi connectivity index (χ3v) is 5.26. The lowest BCUT2D eigenvalue weighted by Crippen LogP contribution is -2.18. The van der Waals surface area contributed by atoms with Gasteiger partial charge in [0.05, 0.1) is 31.1 Å². The monoisotopic (exact) mass is 489 g/mol. The molecule has 1 aromatic heterocycles. The molecule has 0 spiro atoms. The molecule has 0 radical (unpaired) electrons. The van der Waals surface area contributed by atoms with Crippen LogP contribution in [-0.4, -0.2) is 52.7 Å². The van der Waals surface area contributed by atoms with Crippen LogP contribution in [0.3, 0.4) is 0 Å². The van der Waals surface area contributed by atoms with Crippen molar-refractivity contribution in [1.29, 1.82) is 0 Å². The van der Waals surface area contributed by atoms with E-state index in [2.05, 4.69) is 25.0 Å². The molecule has 0 saturated heterocycles. The first-order valence-electron chi connectivity index (χ1n) is 9.63. The summed E-state index contributed by atoms with van der Waals surface area (Å²) in [5, 5.41) is 10.6. The van der Waals surface area contributed by atoms with Gasteiger partial charge in [-0.1, -0.05) is 23.9 Å². The van der Waals surface area contributed by atoms with Crippen molar-refractivity contribution in [2.75, 3.05) is 31.1 Å². The first kappa shape index (κ1) is 24.5. The Labute approximate surface area is 197 Å². The third kappa shape index (κ3) is 6.01. The van der Waals surface area contributed by atoms with Crippen molar-refractivity contribution in [2.24, 2.45) is 0 Å². The third-order valence-electron chi connectivity index (χ3n) is 4.32. The topological polar surface area (TPSA) is 148 Å². The minimum Gasteiger partial charge on any atom is -0.482 e. The summed E-state index contributed by atoms with van der Waals surface area (Å²) < 4.78 is 29.5. The van der Waals surface area contributed by atoms with Gasteiger partial charge in [-0.3, -0.25) is 4.79 Å². The number of carbonyl (C=O) groups is 3. The highest BCUT2D eigenvalue weighted by Gasteiger charge is 2.17. The van der Waals surface area contributed by atoms with Crippen molar-refractivity contribution in [1.82, 2.24) is 14.9 Å². The quantitative estimate of drug-likeness (QED) is 0.260. The number of anilines is 1. The predicted molar refractivity (Wildman–Crippen MR) is 119 cm³/mol. The minimum atomic E-state index is -0.683. The number of amides is 1. The Hall–Kier alpha value is -4.13. The fourth-order valence-electron chi connectivity index (χ4n) is 2.71. The second kappa shape index (κ2) is 11.1. The van der Waals surface area contributed by atoms with Crippen molar-refractivity contribution in [3.8, 4) is 5.75 Å². The van der Waals surface area contributed by atoms with Crippen LogP contribution >= 0.6 is 11.8 Å². The van der Waals surface area contributed by atoms with Crippen LogP contribution in [0.2, 0.25) is 0 Å². The van der Waals surface area contributed by atoms with E-state index < -0.39 is 23.7 Å². The number of halogens is 1. The van der Waals surface area contributed by atoms with Crippen LogP contribution in [0.5, 0.6) is 5.75 Å². The lowest BCUT2D eigenvalue weighted by molar-refractivity contribution is -0.113. The fourth-order valence-corrected chi connectivity index (χ4v) is 3.38. The van der Waals surface area contributed by atoms with Crippen molar-refractivity contribution in [2.45, 2.75) is 11.8 Å². The molecule has 0 aliphatic carbocycles. The predicted octanol–water partition coefficient (Wildman–Crippen LogP) is 2.01. The van der Waals surface area contributed by atoms with E-state index in [-0.39, 0.29) is 45.9 Å². The van der Waals surface area contributed by atoms with Crippen LogP contribution in [0.1, 0.15) is 26.5 Å². The van der Waals surface area contributed by atoms with E-state index >= 15 is 0 Å². The molecule has 0 unspecified atom stereocenters. The van der Waals surface area contributed by atoms with Crippen LogP contribution in [0.4, 0.5) is 10.1 Å². The van der Waals surface area contributed by atoms with Gasteiger partial charge in [-0.15, -0.1) is 10.2 Å². The lowest BCUT2D eigenvalue weighted by Gasteiger charge is -2.09. The number of ether oxygens (including phenoxy) is 3. The second-order valence-electron chi connectivity index (χ2n) is 6.61. The molecule has 0 bridgehead atoms. The van der Waals surface area contributed by atoms with Gasteiger partial charge in [0, 0.05) is 5.69 Å². The highest BCUT2D eigenvalue weighted by Crippen LogP contribution is 2.20. The van der Waals surface area contributed by atoms with Crippen molar-refractivity contribution < 1.29 is 33.0 Å². The molecule has 34 heavy (non-hydrogen) atoms. The summed E-state index contributed by atoms with van der Waals surface area (Å²) in [5.74, 6) is 3.74. The Morgan fingerprint density at radius 3 is 2.32 bits per heavy atom. The molecule has 0 atom stereocenters. The largest absolute Gasteiger partial charge is 0.482 e. The zero-order valence-corrected chi connectivity index (χ0v) is 18.9. The normalized spacial score (nSPS) is 10.4. The van der Waals surface area contributed by atoms with Gasteiger partial charge in [-0.2, -0.15) is 0 Å². The van der Waals surface area contributed by atoms with Crippen LogP contribution in [-0.2, 0) is 20.9 Å². The zero-order valence-electron chi connectivity index (χ0n) is 18.1. The fraction of sp³-hybridized carbons (Fsp3) is 0.190. The average Bonchev–Trinajstić information content (AvgIpc) is 3.20. The number of benzene rings is 2. The molecule has 0 saturated carbocycles. The summed E-state index contributed by atoms with van der Waals surface area (Å²) in [6.45, 7) is -0.131. The smallest absolute Gasteiger partial charge is 0.337 e. The number of hydrogen-bond acceptors (Lipinski definition) is 10. The van der Waals surface area contributed by atoms with Gasteiger partial charge in [0.25, 0.3) is 0 Å². The van der Waals surface area contributed by atoms with Gasteiger partial charge in [-0.25, -0.2) is 18.7 Å². The molecular weight excluding hydrogens is 469 g/mol. The van der Waals surface area contributed by atoms with Gasteiger partial charge in [-0.05, 0) is 30.3 Å². The van der Waals surface area contributed by atoms with E-state index in [1.54, 1.807) is 6.07 Å². The summed E-state index contributed by atoms with van der Waals surface area (Å²) in [5.41, 5.74) is 0.325. The summed E-state index contributed by atoms with van der Waals surface area (Å²) in [4.78, 5) is 36.2. The number of nitrogens with two attached hydrogens (primary N) is 1. The van der Waals surface area contributed by atoms with Crippen molar-refractivity contribution in [3.05, 3.63) is 65.2 Å². The van der Waals surface area contributed by atoms with Gasteiger partial charge in [0.1, 0.15) is 6.61 Å². The maximum absolute atomic E-state index is 13.7. The number of nitrogens with one attached hydrogen (secondary N) is 1. The molecule has 3 aromatic rings. The number of nitrogen functional groups attached to an aromatic ring is 1. The SMILES string of the molecule is COC(=O)c1cc(NC(=O)CSc2nnc(COc3ccccc3F)n2N)cc(C(=O)OC)c1. The van der Waals surface area contributed by atoms with E-state index in [4.69, 9.17) is 10.6 Å². The van der Waals surface area contributed by atoms with Crippen molar-refractivity contribution >= 4 is 35.3 Å². The number of esters is 2. The summed E-state index contributed by atoms with van der Waals surface area (Å²) in [7, 11) is 2.39. The molecule has 13 heteroatoms. The standard InChI is InChI=1S/C21H20FN5O6S/c1-31-19(29)12-7-13(20(30)32-2)9-14(8-12)24-18(28)11-34-21-26-25-17(27(21)23)10-33-16-6-4-3-5-15(16)22/h3-9H,10-11,23H2,1-2H3,(H,24,28). The molecule has 0 fully saturated rings. The highest BCUT2D eigenvalue weighted by atomic mass is 32.2. The molecular formula is C21H20FN5O6S. The van der Waals surface area contributed by atoms with E-state index in [9.17, 15) is 18.8 Å². The number of carbonyl (C=O) groups excluding carboxylic acids is 3. The first-order valence-corrected chi connectivity index (χ1v) is 10.6. The Morgan fingerprint density at radius 2 is 1.71 bits per heavy atom. The number of para-hydroxylation sites is 1. The summed E-state index contributed by atoms with van der Waals surface area (Å²) in [6.07, 6.45) is 0. The Balaban J connectivity index is 1.62. The summed E-state index contributed by atoms with van der Waals surface area (Å²) in [6, 6.07) is 9.92. The molecule has 3 N–H and O–H groups in total. The molecule has 1 heterocycles. The molecule has 0 aliphatic rings. The number of aromatic nitrogens is 3. The van der Waals surface area contributed by atoms with Crippen LogP contribution in [0, 0.1) is 5.82 Å². The second-order valence-corrected chi connectivity index (χ2v) is 7.55. The van der Waals surface area contributed by atoms with E-state index in [1.807, 2.05) is 0 Å². The molecule has 2 aromatic carbocycles. The molecule has 1 amide bonds. The van der Waals surface area contributed by atoms with Gasteiger partial charge in [0.15, 0.2) is 17.4 Å². The number of thioether (sulfide) groups is 1. The van der Waals surface area contributed by atoms with E-state index in [1.165, 1.54) is 50.6 Å². The van der Waals surface area contributed by atoms with E-state index in [0.717, 1.165) is 16.4 Å². The minimum absolute atomic E-state index is 0.0413. The molecule has 178 valence electrons. The van der Waals surface area contributed by atoms with Crippen LogP contribution in [0.15, 0.2) is 47.6 Å². The molecule has 11 nitrogen and oxygen atoms in total. The van der Waals surface area contributed by atoms with Crippen molar-refractivity contribution in [3.63, 3.8) is 0 Å². The van der Waals surface area contributed by atoms with E-state index in [0.29, 0.717) is 0 Å². The highest BCUT2D eigenvalue weighted by molar-refractivity contribution is 7.99.